The summed E-state index contributed by atoms with van der Waals surface area (Å²) in [6.45, 7) is 2.11. The van der Waals surface area contributed by atoms with Gasteiger partial charge in [-0.05, 0) is 62.0 Å². The fourth-order valence-electron chi connectivity index (χ4n) is 2.25. The Morgan fingerprint density at radius 3 is 2.79 bits per heavy atom. The van der Waals surface area contributed by atoms with Gasteiger partial charge in [0.1, 0.15) is 11.9 Å². The Morgan fingerprint density at radius 1 is 1.32 bits per heavy atom. The van der Waals surface area contributed by atoms with Gasteiger partial charge in [-0.3, -0.25) is 0 Å². The van der Waals surface area contributed by atoms with Crippen LogP contribution in [0.25, 0.3) is 0 Å². The van der Waals surface area contributed by atoms with Crippen LogP contribution in [-0.2, 0) is 6.42 Å². The molecule has 1 nitrogen and oxygen atoms in total. The summed E-state index contributed by atoms with van der Waals surface area (Å²) in [6, 6.07) is 8.62. The van der Waals surface area contributed by atoms with E-state index in [4.69, 9.17) is 4.74 Å². The highest BCUT2D eigenvalue weighted by molar-refractivity contribution is 9.13. The van der Waals surface area contributed by atoms with Crippen LogP contribution in [0.4, 0.5) is 0 Å². The van der Waals surface area contributed by atoms with Crippen molar-refractivity contribution in [3.63, 3.8) is 0 Å². The molecular weight excluding hydrogens is 456 g/mol. The van der Waals surface area contributed by atoms with Gasteiger partial charge in [0.05, 0.1) is 8.61 Å². The molecule has 0 fully saturated rings. The molecule has 0 saturated heterocycles. The van der Waals surface area contributed by atoms with Gasteiger partial charge in [-0.1, -0.05) is 28.1 Å². The molecule has 2 unspecified atom stereocenters. The number of halogens is 3. The molecule has 0 spiro atoms. The number of hydrogen-bond donors (Lipinski definition) is 0. The van der Waals surface area contributed by atoms with E-state index in [-0.39, 0.29) is 4.83 Å². The Kier molecular flexibility index (Phi) is 4.09. The van der Waals surface area contributed by atoms with E-state index in [0.717, 1.165) is 20.4 Å². The summed E-state index contributed by atoms with van der Waals surface area (Å²) in [5, 5.41) is 0. The van der Waals surface area contributed by atoms with Crippen molar-refractivity contribution in [2.45, 2.75) is 24.3 Å². The molecule has 2 aromatic rings. The van der Waals surface area contributed by atoms with E-state index in [0.29, 0.717) is 6.10 Å². The average molecular weight is 467 g/mol. The zero-order valence-corrected chi connectivity index (χ0v) is 15.7. The maximum Gasteiger partial charge on any atom is 0.123 e. The van der Waals surface area contributed by atoms with Gasteiger partial charge in [0.25, 0.3) is 0 Å². The van der Waals surface area contributed by atoms with E-state index in [1.165, 1.54) is 16.0 Å². The molecule has 100 valence electrons. The van der Waals surface area contributed by atoms with Crippen molar-refractivity contribution in [1.29, 1.82) is 0 Å². The van der Waals surface area contributed by atoms with Crippen LogP contribution >= 0.6 is 59.1 Å². The summed E-state index contributed by atoms with van der Waals surface area (Å²) in [6.07, 6.45) is 1.30. The number of rotatable bonds is 2. The monoisotopic (exact) mass is 464 g/mol. The summed E-state index contributed by atoms with van der Waals surface area (Å²) in [4.78, 5) is 1.51. The van der Waals surface area contributed by atoms with E-state index >= 15 is 0 Å². The molecule has 0 aliphatic carbocycles. The zero-order chi connectivity index (χ0) is 13.6. The Morgan fingerprint density at radius 2 is 2.11 bits per heavy atom. The molecule has 0 N–H and O–H groups in total. The van der Waals surface area contributed by atoms with Gasteiger partial charge < -0.3 is 4.74 Å². The Hall–Kier alpha value is 0.160. The molecule has 1 aromatic heterocycles. The van der Waals surface area contributed by atoms with Gasteiger partial charge in [0.15, 0.2) is 0 Å². The van der Waals surface area contributed by atoms with Crippen LogP contribution in [0.15, 0.2) is 32.5 Å². The number of fused-ring (bicyclic) bond motifs is 1. The van der Waals surface area contributed by atoms with E-state index < -0.39 is 0 Å². The number of alkyl halides is 1. The minimum absolute atomic E-state index is 0.223. The SMILES string of the molecule is CC1Cc2cc(C(Br)c3cc(Br)c(Br)s3)ccc2O1. The fourth-order valence-corrected chi connectivity index (χ4v) is 5.05. The average Bonchev–Trinajstić information content (AvgIpc) is 2.90. The van der Waals surface area contributed by atoms with Gasteiger partial charge >= 0.3 is 0 Å². The predicted octanol–water partition coefficient (Wildman–Crippen LogP) is 6.08. The molecular formula is C14H11Br3OS. The minimum Gasteiger partial charge on any atom is -0.490 e. The van der Waals surface area contributed by atoms with Crippen molar-refractivity contribution in [3.8, 4) is 5.75 Å². The third kappa shape index (κ3) is 2.80. The molecule has 0 saturated carbocycles. The van der Waals surface area contributed by atoms with Gasteiger partial charge in [0.2, 0.25) is 0 Å². The Balaban J connectivity index is 1.92. The van der Waals surface area contributed by atoms with Crippen LogP contribution in [0.2, 0.25) is 0 Å². The molecule has 1 aliphatic heterocycles. The van der Waals surface area contributed by atoms with Gasteiger partial charge in [-0.15, -0.1) is 11.3 Å². The van der Waals surface area contributed by atoms with Gasteiger partial charge in [-0.25, -0.2) is 0 Å². The van der Waals surface area contributed by atoms with Crippen LogP contribution < -0.4 is 4.74 Å². The van der Waals surface area contributed by atoms with Crippen LogP contribution in [0.3, 0.4) is 0 Å². The third-order valence-corrected chi connectivity index (χ3v) is 7.77. The van der Waals surface area contributed by atoms with Gasteiger partial charge in [0, 0.05) is 15.8 Å². The lowest BCUT2D eigenvalue weighted by atomic mass is 10.0. The van der Waals surface area contributed by atoms with E-state index in [2.05, 4.69) is 79.0 Å². The van der Waals surface area contributed by atoms with Crippen molar-refractivity contribution in [2.24, 2.45) is 0 Å². The highest BCUT2D eigenvalue weighted by Gasteiger charge is 2.22. The first-order chi connectivity index (χ1) is 9.04. The van der Waals surface area contributed by atoms with E-state index in [9.17, 15) is 0 Å². The second-order valence-electron chi connectivity index (χ2n) is 4.63. The van der Waals surface area contributed by atoms with Crippen molar-refractivity contribution < 1.29 is 4.74 Å². The first-order valence-electron chi connectivity index (χ1n) is 5.93. The Labute approximate surface area is 141 Å². The second kappa shape index (κ2) is 5.51. The Bertz CT molecular complexity index is 604. The first kappa shape index (κ1) is 14.1. The summed E-state index contributed by atoms with van der Waals surface area (Å²) in [5.74, 6) is 1.03. The zero-order valence-electron chi connectivity index (χ0n) is 10.1. The first-order valence-corrected chi connectivity index (χ1v) is 9.24. The highest BCUT2D eigenvalue weighted by atomic mass is 79.9. The number of thiophene rings is 1. The predicted molar refractivity (Wildman–Crippen MR) is 90.7 cm³/mol. The smallest absolute Gasteiger partial charge is 0.123 e. The molecule has 0 amide bonds. The largest absolute Gasteiger partial charge is 0.490 e. The normalized spacial score (nSPS) is 19.1. The van der Waals surface area contributed by atoms with Crippen molar-refractivity contribution in [1.82, 2.24) is 0 Å². The summed E-state index contributed by atoms with van der Waals surface area (Å²) >= 11 is 12.6. The standard InChI is InChI=1S/C14H11Br3OS/c1-7-4-9-5-8(2-3-11(9)18-7)13(16)12-6-10(15)14(17)19-12/h2-3,5-7,13H,4H2,1H3. The van der Waals surface area contributed by atoms with Crippen LogP contribution in [0, 0.1) is 0 Å². The van der Waals surface area contributed by atoms with E-state index in [1.54, 1.807) is 11.3 Å². The lowest BCUT2D eigenvalue weighted by Crippen LogP contribution is -2.05. The van der Waals surface area contributed by atoms with Crippen molar-refractivity contribution in [2.75, 3.05) is 0 Å². The topological polar surface area (TPSA) is 9.23 Å². The fraction of sp³-hybridized carbons (Fsp3) is 0.286. The maximum absolute atomic E-state index is 5.74. The number of benzene rings is 1. The highest BCUT2D eigenvalue weighted by Crippen LogP contribution is 2.42. The van der Waals surface area contributed by atoms with Crippen LogP contribution in [0.1, 0.15) is 27.8 Å². The van der Waals surface area contributed by atoms with Gasteiger partial charge in [-0.2, -0.15) is 0 Å². The summed E-state index contributed by atoms with van der Waals surface area (Å²) in [5.41, 5.74) is 2.59. The molecule has 5 heteroatoms. The molecule has 0 radical (unpaired) electrons. The summed E-state index contributed by atoms with van der Waals surface area (Å²) < 4.78 is 7.98. The molecule has 2 heterocycles. The second-order valence-corrected chi connectivity index (χ2v) is 8.80. The van der Waals surface area contributed by atoms with Crippen molar-refractivity contribution in [3.05, 3.63) is 48.5 Å². The number of hydrogen-bond acceptors (Lipinski definition) is 2. The van der Waals surface area contributed by atoms with Crippen LogP contribution in [-0.4, -0.2) is 6.10 Å². The lowest BCUT2D eigenvalue weighted by Gasteiger charge is -2.09. The van der Waals surface area contributed by atoms with Crippen LogP contribution in [0.5, 0.6) is 5.75 Å². The lowest BCUT2D eigenvalue weighted by molar-refractivity contribution is 0.254. The molecule has 1 aromatic carbocycles. The minimum atomic E-state index is 0.223. The molecule has 3 rings (SSSR count). The quantitative estimate of drug-likeness (QED) is 0.487. The molecule has 1 aliphatic rings. The molecule has 19 heavy (non-hydrogen) atoms. The molecule has 2 atom stereocenters. The van der Waals surface area contributed by atoms with E-state index in [1.807, 2.05) is 0 Å². The number of ether oxygens (including phenoxy) is 1. The van der Waals surface area contributed by atoms with Crippen molar-refractivity contribution >= 4 is 59.1 Å². The third-order valence-electron chi connectivity index (χ3n) is 3.13. The molecule has 0 bridgehead atoms. The summed E-state index contributed by atoms with van der Waals surface area (Å²) in [7, 11) is 0. The maximum atomic E-state index is 5.74.